The lowest BCUT2D eigenvalue weighted by molar-refractivity contribution is 0.220. The van der Waals surface area contributed by atoms with Gasteiger partial charge in [0.25, 0.3) is 0 Å². The smallest absolute Gasteiger partial charge is 0.0426 e. The van der Waals surface area contributed by atoms with E-state index in [4.69, 9.17) is 11.6 Å². The van der Waals surface area contributed by atoms with Gasteiger partial charge in [0.15, 0.2) is 0 Å². The van der Waals surface area contributed by atoms with Crippen molar-refractivity contribution in [1.29, 1.82) is 0 Å². The summed E-state index contributed by atoms with van der Waals surface area (Å²) >= 11 is 9.79. The maximum Gasteiger partial charge on any atom is 0.0426 e. The molecule has 0 N–H and O–H groups in total. The summed E-state index contributed by atoms with van der Waals surface area (Å²) in [5.41, 5.74) is 3.07. The zero-order chi connectivity index (χ0) is 14.8. The molecule has 0 spiro atoms. The molecule has 1 heterocycles. The first-order valence-corrected chi connectivity index (χ1v) is 9.01. The maximum atomic E-state index is 6.19. The third-order valence-electron chi connectivity index (χ3n) is 4.48. The Morgan fingerprint density at radius 3 is 2.65 bits per heavy atom. The molecule has 0 saturated carbocycles. The van der Waals surface area contributed by atoms with Gasteiger partial charge in [-0.05, 0) is 48.3 Å². The summed E-state index contributed by atoms with van der Waals surface area (Å²) in [6, 6.07) is 6.24. The van der Waals surface area contributed by atoms with Crippen LogP contribution in [-0.4, -0.2) is 13.1 Å². The molecule has 1 aromatic carbocycles. The molecule has 2 rings (SSSR count). The van der Waals surface area contributed by atoms with Gasteiger partial charge in [0.2, 0.25) is 0 Å². The highest BCUT2D eigenvalue weighted by molar-refractivity contribution is 9.08. The van der Waals surface area contributed by atoms with E-state index in [0.29, 0.717) is 5.41 Å². The van der Waals surface area contributed by atoms with Crippen LogP contribution in [0.1, 0.15) is 45.6 Å². The number of alkyl halides is 1. The van der Waals surface area contributed by atoms with E-state index >= 15 is 0 Å². The highest BCUT2D eigenvalue weighted by Crippen LogP contribution is 2.36. The molecule has 112 valence electrons. The molecular formula is C17H25BrClN. The van der Waals surface area contributed by atoms with Gasteiger partial charge in [-0.1, -0.05) is 54.4 Å². The van der Waals surface area contributed by atoms with Crippen molar-refractivity contribution in [3.63, 3.8) is 0 Å². The van der Waals surface area contributed by atoms with Crippen LogP contribution in [0.3, 0.4) is 0 Å². The fourth-order valence-electron chi connectivity index (χ4n) is 3.15. The first kappa shape index (κ1) is 16.2. The van der Waals surface area contributed by atoms with Crippen molar-refractivity contribution in [2.24, 2.45) is 11.3 Å². The van der Waals surface area contributed by atoms with Gasteiger partial charge in [-0.2, -0.15) is 0 Å². The van der Waals surface area contributed by atoms with Gasteiger partial charge in [-0.3, -0.25) is 0 Å². The van der Waals surface area contributed by atoms with E-state index in [9.17, 15) is 0 Å². The molecule has 1 unspecified atom stereocenters. The Bertz CT molecular complexity index is 453. The topological polar surface area (TPSA) is 3.24 Å². The van der Waals surface area contributed by atoms with Crippen LogP contribution in [0, 0.1) is 11.3 Å². The van der Waals surface area contributed by atoms with Crippen molar-refractivity contribution in [2.75, 3.05) is 18.0 Å². The van der Waals surface area contributed by atoms with E-state index in [-0.39, 0.29) is 0 Å². The van der Waals surface area contributed by atoms with Crippen LogP contribution in [0.25, 0.3) is 0 Å². The van der Waals surface area contributed by atoms with Crippen LogP contribution >= 0.6 is 27.5 Å². The second-order valence-corrected chi connectivity index (χ2v) is 7.88. The van der Waals surface area contributed by atoms with E-state index in [2.05, 4.69) is 53.7 Å². The number of nitrogens with zero attached hydrogens (tertiary/aromatic N) is 1. The van der Waals surface area contributed by atoms with E-state index in [1.165, 1.54) is 30.5 Å². The minimum Gasteiger partial charge on any atom is -0.371 e. The third-order valence-corrected chi connectivity index (χ3v) is 5.32. The van der Waals surface area contributed by atoms with Crippen molar-refractivity contribution in [3.05, 3.63) is 28.8 Å². The molecule has 1 atom stereocenters. The van der Waals surface area contributed by atoms with E-state index in [0.717, 1.165) is 29.4 Å². The summed E-state index contributed by atoms with van der Waals surface area (Å²) < 4.78 is 0. The van der Waals surface area contributed by atoms with Crippen LogP contribution in [-0.2, 0) is 5.33 Å². The van der Waals surface area contributed by atoms with E-state index in [1.54, 1.807) is 0 Å². The summed E-state index contributed by atoms with van der Waals surface area (Å²) in [5.74, 6) is 0.819. The molecule has 0 radical (unpaired) electrons. The van der Waals surface area contributed by atoms with E-state index < -0.39 is 0 Å². The summed E-state index contributed by atoms with van der Waals surface area (Å²) in [7, 11) is 0. The lowest BCUT2D eigenvalue weighted by atomic mass is 9.77. The minimum absolute atomic E-state index is 0.419. The number of halogens is 2. The molecule has 1 saturated heterocycles. The van der Waals surface area contributed by atoms with Crippen molar-refractivity contribution in [2.45, 2.75) is 45.4 Å². The minimum atomic E-state index is 0.419. The van der Waals surface area contributed by atoms with Gasteiger partial charge in [-0.25, -0.2) is 0 Å². The average Bonchev–Trinajstić information content (AvgIpc) is 2.63. The molecular weight excluding hydrogens is 334 g/mol. The maximum absolute atomic E-state index is 6.19. The lowest BCUT2D eigenvalue weighted by Crippen LogP contribution is -2.26. The molecule has 1 fully saturated rings. The van der Waals surface area contributed by atoms with Gasteiger partial charge in [0.1, 0.15) is 0 Å². The third kappa shape index (κ3) is 3.92. The quantitative estimate of drug-likeness (QED) is 0.596. The van der Waals surface area contributed by atoms with Crippen molar-refractivity contribution < 1.29 is 0 Å². The number of hydrogen-bond donors (Lipinski definition) is 0. The summed E-state index contributed by atoms with van der Waals surface area (Å²) in [5, 5.41) is 1.72. The normalized spacial score (nSPS) is 20.9. The van der Waals surface area contributed by atoms with Gasteiger partial charge in [0.05, 0.1) is 0 Å². The zero-order valence-corrected chi connectivity index (χ0v) is 15.1. The fourth-order valence-corrected chi connectivity index (χ4v) is 3.79. The van der Waals surface area contributed by atoms with E-state index in [1.807, 2.05) is 6.07 Å². The fraction of sp³-hybridized carbons (Fsp3) is 0.647. The Morgan fingerprint density at radius 1 is 1.25 bits per heavy atom. The molecule has 0 aromatic heterocycles. The van der Waals surface area contributed by atoms with Crippen LogP contribution in [0.15, 0.2) is 18.2 Å². The largest absolute Gasteiger partial charge is 0.371 e. The SMILES string of the molecule is CC(C)(C)C1CCCN(c2cc(Cl)ccc2CBr)CC1. The molecule has 20 heavy (non-hydrogen) atoms. The molecule has 1 aromatic rings. The molecule has 1 nitrogen and oxygen atoms in total. The lowest BCUT2D eigenvalue weighted by Gasteiger charge is -2.30. The average molecular weight is 359 g/mol. The Hall–Kier alpha value is -0.210. The molecule has 1 aliphatic rings. The number of benzene rings is 1. The number of hydrogen-bond acceptors (Lipinski definition) is 1. The molecule has 3 heteroatoms. The van der Waals surface area contributed by atoms with Crippen LogP contribution in [0.4, 0.5) is 5.69 Å². The Balaban J connectivity index is 2.16. The summed E-state index contributed by atoms with van der Waals surface area (Å²) in [6.45, 7) is 9.40. The second kappa shape index (κ2) is 6.70. The highest BCUT2D eigenvalue weighted by atomic mass is 79.9. The van der Waals surface area contributed by atoms with Crippen LogP contribution in [0.5, 0.6) is 0 Å². The van der Waals surface area contributed by atoms with Gasteiger partial charge in [0, 0.05) is 29.1 Å². The number of anilines is 1. The van der Waals surface area contributed by atoms with Gasteiger partial charge in [-0.15, -0.1) is 0 Å². The molecule has 1 aliphatic heterocycles. The Morgan fingerprint density at radius 2 is 2.00 bits per heavy atom. The summed E-state index contributed by atoms with van der Waals surface area (Å²) in [4.78, 5) is 2.52. The predicted octanol–water partition coefficient (Wildman–Crippen LogP) is 5.89. The Labute approximate surface area is 136 Å². The van der Waals surface area contributed by atoms with Crippen molar-refractivity contribution >= 4 is 33.2 Å². The Kier molecular flexibility index (Phi) is 5.42. The molecule has 0 aliphatic carbocycles. The van der Waals surface area contributed by atoms with Gasteiger partial charge < -0.3 is 4.90 Å². The van der Waals surface area contributed by atoms with Crippen LogP contribution in [0.2, 0.25) is 5.02 Å². The predicted molar refractivity (Wildman–Crippen MR) is 93.1 cm³/mol. The highest BCUT2D eigenvalue weighted by Gasteiger charge is 2.27. The number of rotatable bonds is 2. The monoisotopic (exact) mass is 357 g/mol. The summed E-state index contributed by atoms with van der Waals surface area (Å²) in [6.07, 6.45) is 3.89. The van der Waals surface area contributed by atoms with Gasteiger partial charge >= 0.3 is 0 Å². The zero-order valence-electron chi connectivity index (χ0n) is 12.8. The molecule has 0 bridgehead atoms. The van der Waals surface area contributed by atoms with Crippen molar-refractivity contribution in [1.82, 2.24) is 0 Å². The van der Waals surface area contributed by atoms with Crippen molar-refractivity contribution in [3.8, 4) is 0 Å². The molecule has 0 amide bonds. The standard InChI is InChI=1S/C17H25BrClN/c1-17(2,3)14-5-4-9-20(10-8-14)16-11-15(19)7-6-13(16)12-18/h6-7,11,14H,4-5,8-10,12H2,1-3H3. The van der Waals surface area contributed by atoms with Crippen LogP contribution < -0.4 is 4.90 Å². The first-order valence-electron chi connectivity index (χ1n) is 7.51. The first-order chi connectivity index (χ1) is 9.41. The second-order valence-electron chi connectivity index (χ2n) is 6.89.